The van der Waals surface area contributed by atoms with E-state index in [9.17, 15) is 4.79 Å². The highest BCUT2D eigenvalue weighted by Crippen LogP contribution is 2.10. The fourth-order valence-electron chi connectivity index (χ4n) is 1.17. The third-order valence-corrected chi connectivity index (χ3v) is 2.78. The Balaban J connectivity index is 1.97. The zero-order chi connectivity index (χ0) is 11.4. The number of rotatable bonds is 3. The predicted octanol–water partition coefficient (Wildman–Crippen LogP) is 2.37. The SMILES string of the molecule is O=C(Cc1ccsc1)Nc1cc(Cl)ncn1. The molecule has 2 aromatic heterocycles. The second kappa shape index (κ2) is 5.05. The second-order valence-electron chi connectivity index (χ2n) is 3.08. The number of hydrogen-bond donors (Lipinski definition) is 1. The summed E-state index contributed by atoms with van der Waals surface area (Å²) in [5.41, 5.74) is 0.989. The number of amides is 1. The highest BCUT2D eigenvalue weighted by Gasteiger charge is 2.05. The van der Waals surface area contributed by atoms with Crippen LogP contribution in [0.25, 0.3) is 0 Å². The summed E-state index contributed by atoms with van der Waals surface area (Å²) in [6, 6.07) is 3.42. The number of nitrogens with one attached hydrogen (secondary N) is 1. The average molecular weight is 254 g/mol. The van der Waals surface area contributed by atoms with Crippen LogP contribution >= 0.6 is 22.9 Å². The van der Waals surface area contributed by atoms with E-state index in [-0.39, 0.29) is 5.91 Å². The van der Waals surface area contributed by atoms with E-state index in [0.717, 1.165) is 5.56 Å². The molecule has 0 saturated heterocycles. The minimum atomic E-state index is -0.117. The maximum atomic E-state index is 11.6. The Bertz CT molecular complexity index is 487. The van der Waals surface area contributed by atoms with Crippen molar-refractivity contribution in [2.45, 2.75) is 6.42 Å². The van der Waals surface area contributed by atoms with Crippen LogP contribution in [-0.2, 0) is 11.2 Å². The van der Waals surface area contributed by atoms with Crippen molar-refractivity contribution in [1.29, 1.82) is 0 Å². The third kappa shape index (κ3) is 3.01. The molecule has 2 heterocycles. The first kappa shape index (κ1) is 11.0. The van der Waals surface area contributed by atoms with E-state index in [4.69, 9.17) is 11.6 Å². The maximum Gasteiger partial charge on any atom is 0.229 e. The van der Waals surface area contributed by atoms with E-state index in [2.05, 4.69) is 15.3 Å². The van der Waals surface area contributed by atoms with Gasteiger partial charge in [-0.3, -0.25) is 4.79 Å². The molecule has 0 aliphatic carbocycles. The Morgan fingerprint density at radius 3 is 3.06 bits per heavy atom. The van der Waals surface area contributed by atoms with Crippen LogP contribution in [0, 0.1) is 0 Å². The summed E-state index contributed by atoms with van der Waals surface area (Å²) >= 11 is 7.23. The molecule has 0 aromatic carbocycles. The van der Waals surface area contributed by atoms with Gasteiger partial charge in [0, 0.05) is 6.07 Å². The van der Waals surface area contributed by atoms with Crippen molar-refractivity contribution in [2.75, 3.05) is 5.32 Å². The van der Waals surface area contributed by atoms with Crippen LogP contribution in [0.1, 0.15) is 5.56 Å². The number of carbonyl (C=O) groups excluding carboxylic acids is 1. The van der Waals surface area contributed by atoms with Gasteiger partial charge >= 0.3 is 0 Å². The highest BCUT2D eigenvalue weighted by molar-refractivity contribution is 7.08. The van der Waals surface area contributed by atoms with Gasteiger partial charge in [0.15, 0.2) is 0 Å². The summed E-state index contributed by atoms with van der Waals surface area (Å²) in [5.74, 6) is 0.299. The molecule has 6 heteroatoms. The van der Waals surface area contributed by atoms with Gasteiger partial charge < -0.3 is 5.32 Å². The Kier molecular flexibility index (Phi) is 3.48. The van der Waals surface area contributed by atoms with Gasteiger partial charge in [-0.1, -0.05) is 11.6 Å². The largest absolute Gasteiger partial charge is 0.310 e. The lowest BCUT2D eigenvalue weighted by molar-refractivity contribution is -0.115. The minimum absolute atomic E-state index is 0.117. The van der Waals surface area contributed by atoms with Crippen molar-refractivity contribution in [3.63, 3.8) is 0 Å². The number of nitrogens with zero attached hydrogens (tertiary/aromatic N) is 2. The quantitative estimate of drug-likeness (QED) is 0.855. The summed E-state index contributed by atoms with van der Waals surface area (Å²) in [6.07, 6.45) is 1.65. The third-order valence-electron chi connectivity index (χ3n) is 1.85. The van der Waals surface area contributed by atoms with Crippen LogP contribution in [0.15, 0.2) is 29.2 Å². The Morgan fingerprint density at radius 2 is 2.38 bits per heavy atom. The highest BCUT2D eigenvalue weighted by atomic mass is 35.5. The monoisotopic (exact) mass is 253 g/mol. The molecule has 1 amide bonds. The normalized spacial score (nSPS) is 10.1. The molecular weight excluding hydrogens is 246 g/mol. The molecule has 0 unspecified atom stereocenters. The van der Waals surface area contributed by atoms with Gasteiger partial charge in [0.25, 0.3) is 0 Å². The summed E-state index contributed by atoms with van der Waals surface area (Å²) in [6.45, 7) is 0. The summed E-state index contributed by atoms with van der Waals surface area (Å²) in [5, 5.41) is 6.83. The van der Waals surface area contributed by atoms with E-state index >= 15 is 0 Å². The van der Waals surface area contributed by atoms with Gasteiger partial charge in [-0.15, -0.1) is 0 Å². The first-order valence-electron chi connectivity index (χ1n) is 4.52. The number of carbonyl (C=O) groups is 1. The van der Waals surface area contributed by atoms with E-state index in [1.807, 2.05) is 16.8 Å². The topological polar surface area (TPSA) is 54.9 Å². The molecule has 0 aliphatic rings. The molecule has 0 spiro atoms. The lowest BCUT2D eigenvalue weighted by Gasteiger charge is -2.02. The second-order valence-corrected chi connectivity index (χ2v) is 4.25. The first-order chi connectivity index (χ1) is 7.74. The molecule has 2 rings (SSSR count). The molecule has 0 saturated carbocycles. The number of halogens is 1. The smallest absolute Gasteiger partial charge is 0.229 e. The molecule has 0 radical (unpaired) electrons. The average Bonchev–Trinajstić information content (AvgIpc) is 2.70. The number of aromatic nitrogens is 2. The van der Waals surface area contributed by atoms with Gasteiger partial charge in [-0.25, -0.2) is 9.97 Å². The molecular formula is C10H8ClN3OS. The van der Waals surface area contributed by atoms with Gasteiger partial charge in [0.2, 0.25) is 5.91 Å². The summed E-state index contributed by atoms with van der Waals surface area (Å²) < 4.78 is 0. The van der Waals surface area contributed by atoms with Gasteiger partial charge in [-0.2, -0.15) is 11.3 Å². The number of anilines is 1. The zero-order valence-corrected chi connectivity index (χ0v) is 9.76. The van der Waals surface area contributed by atoms with E-state index in [0.29, 0.717) is 17.4 Å². The molecule has 2 aromatic rings. The fourth-order valence-corrected chi connectivity index (χ4v) is 1.98. The number of hydrogen-bond acceptors (Lipinski definition) is 4. The Morgan fingerprint density at radius 1 is 1.50 bits per heavy atom. The lowest BCUT2D eigenvalue weighted by atomic mass is 10.2. The van der Waals surface area contributed by atoms with Gasteiger partial charge in [-0.05, 0) is 22.4 Å². The van der Waals surface area contributed by atoms with Crippen molar-refractivity contribution < 1.29 is 4.79 Å². The molecule has 82 valence electrons. The van der Waals surface area contributed by atoms with Crippen LogP contribution in [0.5, 0.6) is 0 Å². The summed E-state index contributed by atoms with van der Waals surface area (Å²) in [7, 11) is 0. The van der Waals surface area contributed by atoms with E-state index in [1.165, 1.54) is 12.4 Å². The van der Waals surface area contributed by atoms with Gasteiger partial charge in [0.05, 0.1) is 6.42 Å². The van der Waals surface area contributed by atoms with Crippen molar-refractivity contribution >= 4 is 34.7 Å². The van der Waals surface area contributed by atoms with Crippen molar-refractivity contribution in [3.8, 4) is 0 Å². The molecule has 0 atom stereocenters. The standard InChI is InChI=1S/C10H8ClN3OS/c11-8-4-9(13-6-12-8)14-10(15)3-7-1-2-16-5-7/h1-2,4-6H,3H2,(H,12,13,14,15). The Hall–Kier alpha value is -1.46. The zero-order valence-electron chi connectivity index (χ0n) is 8.18. The van der Waals surface area contributed by atoms with Gasteiger partial charge in [0.1, 0.15) is 17.3 Å². The molecule has 0 bridgehead atoms. The van der Waals surface area contributed by atoms with Crippen LogP contribution in [0.3, 0.4) is 0 Å². The lowest BCUT2D eigenvalue weighted by Crippen LogP contribution is -2.14. The van der Waals surface area contributed by atoms with E-state index in [1.54, 1.807) is 11.3 Å². The molecule has 0 aliphatic heterocycles. The van der Waals surface area contributed by atoms with E-state index < -0.39 is 0 Å². The van der Waals surface area contributed by atoms with Crippen LogP contribution in [0.2, 0.25) is 5.15 Å². The summed E-state index contributed by atoms with van der Waals surface area (Å²) in [4.78, 5) is 19.2. The minimum Gasteiger partial charge on any atom is -0.310 e. The first-order valence-corrected chi connectivity index (χ1v) is 5.84. The van der Waals surface area contributed by atoms with Crippen LogP contribution < -0.4 is 5.32 Å². The molecule has 4 nitrogen and oxygen atoms in total. The number of thiophene rings is 1. The van der Waals surface area contributed by atoms with Crippen LogP contribution in [-0.4, -0.2) is 15.9 Å². The fraction of sp³-hybridized carbons (Fsp3) is 0.100. The molecule has 0 fully saturated rings. The maximum absolute atomic E-state index is 11.6. The molecule has 1 N–H and O–H groups in total. The predicted molar refractivity (Wildman–Crippen MR) is 63.7 cm³/mol. The van der Waals surface area contributed by atoms with Crippen molar-refractivity contribution in [2.24, 2.45) is 0 Å². The molecule has 16 heavy (non-hydrogen) atoms. The Labute approximate surface area is 101 Å². The van der Waals surface area contributed by atoms with Crippen molar-refractivity contribution in [1.82, 2.24) is 9.97 Å². The van der Waals surface area contributed by atoms with Crippen molar-refractivity contribution in [3.05, 3.63) is 39.9 Å². The van der Waals surface area contributed by atoms with Crippen LogP contribution in [0.4, 0.5) is 5.82 Å².